The minimum atomic E-state index is -5.60. The summed E-state index contributed by atoms with van der Waals surface area (Å²) in [7, 11) is -11.2. The molecule has 0 spiro atoms. The minimum Gasteiger partial charge on any atom is -0.336 e. The lowest BCUT2D eigenvalue weighted by Gasteiger charge is -2.29. The standard InChI is InChI=1S/C2H6O12S2/c3-1(4,13-15(7,8)9)2(5,6)14-16(10,11)12/h3-6H,(H,7,8,9)(H,10,11,12). The number of rotatable bonds is 5. The van der Waals surface area contributed by atoms with E-state index >= 15 is 0 Å². The van der Waals surface area contributed by atoms with Crippen LogP contribution in [0, 0.1) is 0 Å². The average Bonchev–Trinajstić information content (AvgIpc) is 1.72. The lowest BCUT2D eigenvalue weighted by atomic mass is 10.5. The largest absolute Gasteiger partial charge is 0.402 e. The summed E-state index contributed by atoms with van der Waals surface area (Å²) in [5.41, 5.74) is 0. The Labute approximate surface area is 88.2 Å². The molecule has 0 aliphatic carbocycles. The Hall–Kier alpha value is -0.420. The molecule has 0 aliphatic rings. The molecule has 0 bridgehead atoms. The molecular formula is C2H6O12S2. The van der Waals surface area contributed by atoms with Gasteiger partial charge in [0, 0.05) is 0 Å². The van der Waals surface area contributed by atoms with E-state index in [0.29, 0.717) is 0 Å². The van der Waals surface area contributed by atoms with Gasteiger partial charge in [0.2, 0.25) is 0 Å². The minimum absolute atomic E-state index is 2.87. The number of hydrogen-bond acceptors (Lipinski definition) is 10. The van der Waals surface area contributed by atoms with Crippen molar-refractivity contribution >= 4 is 20.8 Å². The zero-order valence-electron chi connectivity index (χ0n) is 6.95. The van der Waals surface area contributed by atoms with Crippen LogP contribution in [0.5, 0.6) is 0 Å². The van der Waals surface area contributed by atoms with Crippen molar-refractivity contribution < 1.29 is 54.7 Å². The van der Waals surface area contributed by atoms with Crippen molar-refractivity contribution in [2.45, 2.75) is 11.9 Å². The number of aliphatic hydroxyl groups is 4. The molecule has 0 aromatic carbocycles. The van der Waals surface area contributed by atoms with Gasteiger partial charge in [-0.25, -0.2) is 0 Å². The Kier molecular flexibility index (Phi) is 4.00. The Bertz CT molecular complexity index is 393. The summed E-state index contributed by atoms with van der Waals surface area (Å²) in [4.78, 5) is 0. The van der Waals surface area contributed by atoms with Crippen molar-refractivity contribution in [2.75, 3.05) is 0 Å². The van der Waals surface area contributed by atoms with Gasteiger partial charge in [0.05, 0.1) is 0 Å². The van der Waals surface area contributed by atoms with Gasteiger partial charge < -0.3 is 20.4 Å². The fraction of sp³-hybridized carbons (Fsp3) is 1.00. The number of hydrogen-bond donors (Lipinski definition) is 6. The van der Waals surface area contributed by atoms with E-state index in [0.717, 1.165) is 0 Å². The van der Waals surface area contributed by atoms with Crippen LogP contribution in [0.2, 0.25) is 0 Å². The Morgan fingerprint density at radius 1 is 0.688 bits per heavy atom. The molecule has 12 nitrogen and oxygen atoms in total. The normalized spacial score (nSPS) is 15.1. The van der Waals surface area contributed by atoms with Crippen molar-refractivity contribution in [3.05, 3.63) is 0 Å². The summed E-state index contributed by atoms with van der Waals surface area (Å²) < 4.78 is 61.6. The molecule has 0 aliphatic heterocycles. The SMILES string of the molecule is O=S(=O)(O)OC(O)(O)C(O)(O)OS(=O)(=O)O. The van der Waals surface area contributed by atoms with E-state index in [4.69, 9.17) is 29.5 Å². The average molecular weight is 286 g/mol. The van der Waals surface area contributed by atoms with Crippen LogP contribution in [0.1, 0.15) is 0 Å². The molecule has 0 radical (unpaired) electrons. The molecule has 0 aromatic heterocycles. The first-order valence-electron chi connectivity index (χ1n) is 2.92. The molecule has 0 saturated heterocycles. The summed E-state index contributed by atoms with van der Waals surface area (Å²) in [5, 5.41) is 34.1. The highest BCUT2D eigenvalue weighted by Gasteiger charge is 2.57. The van der Waals surface area contributed by atoms with E-state index in [9.17, 15) is 16.8 Å². The first kappa shape index (κ1) is 15.6. The third-order valence-corrected chi connectivity index (χ3v) is 1.75. The molecule has 0 atom stereocenters. The molecule has 14 heteroatoms. The second kappa shape index (κ2) is 4.11. The first-order valence-corrected chi connectivity index (χ1v) is 5.65. The van der Waals surface area contributed by atoms with Crippen molar-refractivity contribution in [3.63, 3.8) is 0 Å². The molecule has 6 N–H and O–H groups in total. The molecule has 0 unspecified atom stereocenters. The third kappa shape index (κ3) is 5.07. The van der Waals surface area contributed by atoms with Crippen LogP contribution in [-0.2, 0) is 29.2 Å². The summed E-state index contributed by atoms with van der Waals surface area (Å²) in [6.07, 6.45) is 0. The van der Waals surface area contributed by atoms with Crippen LogP contribution >= 0.6 is 0 Å². The zero-order chi connectivity index (χ0) is 13.4. The highest BCUT2D eigenvalue weighted by atomic mass is 32.3. The van der Waals surface area contributed by atoms with Gasteiger partial charge in [-0.3, -0.25) is 9.11 Å². The van der Waals surface area contributed by atoms with E-state index in [1.54, 1.807) is 0 Å². The zero-order valence-corrected chi connectivity index (χ0v) is 8.58. The summed E-state index contributed by atoms with van der Waals surface area (Å²) >= 11 is 0. The van der Waals surface area contributed by atoms with Crippen LogP contribution in [0.15, 0.2) is 0 Å². The quantitative estimate of drug-likeness (QED) is 0.210. The van der Waals surface area contributed by atoms with Crippen molar-refractivity contribution in [1.29, 1.82) is 0 Å². The topological polar surface area (TPSA) is 208 Å². The van der Waals surface area contributed by atoms with Crippen LogP contribution in [0.3, 0.4) is 0 Å². The lowest BCUT2D eigenvalue weighted by Crippen LogP contribution is -2.59. The van der Waals surface area contributed by atoms with Gasteiger partial charge in [-0.1, -0.05) is 0 Å². The maximum absolute atomic E-state index is 9.98. The fourth-order valence-electron chi connectivity index (χ4n) is 0.402. The predicted molar refractivity (Wildman–Crippen MR) is 39.6 cm³/mol. The monoisotopic (exact) mass is 286 g/mol. The maximum Gasteiger partial charge on any atom is 0.402 e. The lowest BCUT2D eigenvalue weighted by molar-refractivity contribution is -0.492. The smallest absolute Gasteiger partial charge is 0.336 e. The predicted octanol–water partition coefficient (Wildman–Crippen LogP) is -4.10. The van der Waals surface area contributed by atoms with E-state index < -0.39 is 32.7 Å². The summed E-state index contributed by atoms with van der Waals surface area (Å²) in [6, 6.07) is 0. The highest BCUT2D eigenvalue weighted by Crippen LogP contribution is 2.23. The third-order valence-electron chi connectivity index (χ3n) is 0.867. The molecule has 16 heavy (non-hydrogen) atoms. The Morgan fingerprint density at radius 3 is 1.00 bits per heavy atom. The van der Waals surface area contributed by atoms with Gasteiger partial charge in [-0.15, -0.1) is 0 Å². The van der Waals surface area contributed by atoms with Gasteiger partial charge in [0.15, 0.2) is 0 Å². The van der Waals surface area contributed by atoms with Gasteiger partial charge >= 0.3 is 32.7 Å². The molecule has 0 rings (SSSR count). The van der Waals surface area contributed by atoms with Crippen LogP contribution < -0.4 is 0 Å². The van der Waals surface area contributed by atoms with Crippen molar-refractivity contribution in [1.82, 2.24) is 0 Å². The van der Waals surface area contributed by atoms with E-state index in [1.165, 1.54) is 0 Å². The van der Waals surface area contributed by atoms with E-state index in [-0.39, 0.29) is 0 Å². The molecule has 98 valence electrons. The molecular weight excluding hydrogens is 280 g/mol. The van der Waals surface area contributed by atoms with E-state index in [2.05, 4.69) is 8.37 Å². The Morgan fingerprint density at radius 2 is 0.875 bits per heavy atom. The molecule has 0 saturated carbocycles. The van der Waals surface area contributed by atoms with E-state index in [1.807, 2.05) is 0 Å². The molecule has 0 fully saturated rings. The second-order valence-electron chi connectivity index (χ2n) is 2.24. The van der Waals surface area contributed by atoms with Gasteiger partial charge in [0.25, 0.3) is 0 Å². The highest BCUT2D eigenvalue weighted by molar-refractivity contribution is 7.81. The second-order valence-corrected chi connectivity index (χ2v) is 4.28. The van der Waals surface area contributed by atoms with Crippen LogP contribution in [0.25, 0.3) is 0 Å². The first-order chi connectivity index (χ1) is 6.66. The molecule has 0 heterocycles. The molecule has 0 amide bonds. The van der Waals surface area contributed by atoms with Gasteiger partial charge in [-0.2, -0.15) is 25.2 Å². The van der Waals surface area contributed by atoms with Crippen LogP contribution in [-0.4, -0.2) is 58.3 Å². The van der Waals surface area contributed by atoms with Gasteiger partial charge in [-0.05, 0) is 0 Å². The van der Waals surface area contributed by atoms with Crippen LogP contribution in [0.4, 0.5) is 0 Å². The summed E-state index contributed by atoms with van der Waals surface area (Å²) in [6.45, 7) is 0. The molecule has 0 aromatic rings. The summed E-state index contributed by atoms with van der Waals surface area (Å²) in [5.74, 6) is -9.20. The maximum atomic E-state index is 9.98. The van der Waals surface area contributed by atoms with Crippen molar-refractivity contribution in [3.8, 4) is 0 Å². The fourth-order valence-corrected chi connectivity index (χ4v) is 1.21. The van der Waals surface area contributed by atoms with Gasteiger partial charge in [0.1, 0.15) is 0 Å². The van der Waals surface area contributed by atoms with Crippen molar-refractivity contribution in [2.24, 2.45) is 0 Å². The Balaban J connectivity index is 5.14.